The van der Waals surface area contributed by atoms with Crippen molar-refractivity contribution in [2.45, 2.75) is 17.1 Å². The van der Waals surface area contributed by atoms with Crippen LogP contribution in [0.5, 0.6) is 0 Å². The smallest absolute Gasteiger partial charge is 0.260 e. The van der Waals surface area contributed by atoms with E-state index in [0.29, 0.717) is 16.0 Å². The molecule has 18 heavy (non-hydrogen) atoms. The zero-order valence-electron chi connectivity index (χ0n) is 9.53. The number of Topliss-reactive ketones (excluding diaryl/α,β-unsaturated/α-hetero) is 1. The Hall–Kier alpha value is -1.33. The number of hydrogen-bond acceptors (Lipinski definition) is 4. The Bertz CT molecular complexity index is 544. The third-order valence-corrected chi connectivity index (χ3v) is 4.09. The molecule has 1 unspecified atom stereocenters. The number of rotatable bonds is 4. The van der Waals surface area contributed by atoms with Crippen molar-refractivity contribution in [3.63, 3.8) is 0 Å². The average Bonchev–Trinajstić information content (AvgIpc) is 2.65. The van der Waals surface area contributed by atoms with E-state index in [4.69, 9.17) is 11.6 Å². The molecule has 0 saturated carbocycles. The molecule has 1 heterocycles. The summed E-state index contributed by atoms with van der Waals surface area (Å²) in [6.45, 7) is 1.73. The minimum atomic E-state index is -0.413. The molecule has 1 atom stereocenters. The van der Waals surface area contributed by atoms with Crippen molar-refractivity contribution in [3.8, 4) is 0 Å². The van der Waals surface area contributed by atoms with Gasteiger partial charge in [-0.05, 0) is 19.1 Å². The summed E-state index contributed by atoms with van der Waals surface area (Å²) in [7, 11) is 0. The highest BCUT2D eigenvalue weighted by Gasteiger charge is 2.30. The Labute approximate surface area is 113 Å². The molecule has 2 amide bonds. The summed E-state index contributed by atoms with van der Waals surface area (Å²) < 4.78 is 0. The van der Waals surface area contributed by atoms with Crippen molar-refractivity contribution in [2.75, 3.05) is 5.88 Å². The highest BCUT2D eigenvalue weighted by Crippen LogP contribution is 2.31. The second kappa shape index (κ2) is 5.12. The van der Waals surface area contributed by atoms with Crippen molar-refractivity contribution in [1.29, 1.82) is 0 Å². The predicted octanol–water partition coefficient (Wildman–Crippen LogP) is 1.86. The molecule has 0 aliphatic carbocycles. The van der Waals surface area contributed by atoms with Crippen LogP contribution in [0, 0.1) is 0 Å². The van der Waals surface area contributed by atoms with Crippen LogP contribution >= 0.6 is 23.4 Å². The summed E-state index contributed by atoms with van der Waals surface area (Å²) in [5.41, 5.74) is 0.706. The van der Waals surface area contributed by atoms with Gasteiger partial charge in [-0.25, -0.2) is 0 Å². The van der Waals surface area contributed by atoms with E-state index in [2.05, 4.69) is 5.32 Å². The average molecular weight is 284 g/mol. The normalized spacial score (nSPS) is 15.2. The first-order chi connectivity index (χ1) is 8.54. The highest BCUT2D eigenvalue weighted by atomic mass is 35.5. The Morgan fingerprint density at radius 3 is 2.78 bits per heavy atom. The lowest BCUT2D eigenvalue weighted by Gasteiger charge is -2.10. The summed E-state index contributed by atoms with van der Waals surface area (Å²) in [6.07, 6.45) is 0. The lowest BCUT2D eigenvalue weighted by Crippen LogP contribution is -2.20. The molecule has 94 valence electrons. The minimum Gasteiger partial charge on any atom is -0.297 e. The molecule has 1 aromatic rings. The quantitative estimate of drug-likeness (QED) is 0.520. The number of halogens is 1. The van der Waals surface area contributed by atoms with Gasteiger partial charge in [-0.1, -0.05) is 6.07 Å². The van der Waals surface area contributed by atoms with E-state index in [1.54, 1.807) is 25.1 Å². The molecule has 0 saturated heterocycles. The lowest BCUT2D eigenvalue weighted by molar-refractivity contribution is -0.115. The Morgan fingerprint density at radius 2 is 2.11 bits per heavy atom. The van der Waals surface area contributed by atoms with Crippen LogP contribution in [0.2, 0.25) is 0 Å². The van der Waals surface area contributed by atoms with Gasteiger partial charge in [0.05, 0.1) is 22.3 Å². The number of thioether (sulfide) groups is 1. The maximum Gasteiger partial charge on any atom is 0.260 e. The molecule has 0 fully saturated rings. The fourth-order valence-electron chi connectivity index (χ4n) is 1.65. The predicted molar refractivity (Wildman–Crippen MR) is 69.3 cm³/mol. The van der Waals surface area contributed by atoms with E-state index in [9.17, 15) is 14.4 Å². The topological polar surface area (TPSA) is 63.2 Å². The van der Waals surface area contributed by atoms with E-state index >= 15 is 0 Å². The van der Waals surface area contributed by atoms with Gasteiger partial charge in [0.25, 0.3) is 11.8 Å². The largest absolute Gasteiger partial charge is 0.297 e. The second-order valence-corrected chi connectivity index (χ2v) is 5.47. The summed E-state index contributed by atoms with van der Waals surface area (Å²) >= 11 is 6.73. The van der Waals surface area contributed by atoms with Gasteiger partial charge in [-0.15, -0.1) is 23.4 Å². The fourth-order valence-corrected chi connectivity index (χ4v) is 3.05. The molecule has 0 bridgehead atoms. The maximum absolute atomic E-state index is 11.7. The molecule has 0 aromatic heterocycles. The molecule has 6 heteroatoms. The number of nitrogens with one attached hydrogen (secondary N) is 1. The maximum atomic E-state index is 11.7. The molecule has 1 N–H and O–H groups in total. The molecule has 1 aliphatic heterocycles. The molecule has 0 spiro atoms. The molecule has 0 radical (unpaired) electrons. The Morgan fingerprint density at radius 1 is 1.39 bits per heavy atom. The number of carbonyl (C=O) groups is 3. The number of alkyl halides is 1. The van der Waals surface area contributed by atoms with Crippen LogP contribution in [-0.4, -0.2) is 28.7 Å². The first kappa shape index (κ1) is 13.1. The van der Waals surface area contributed by atoms with Crippen LogP contribution in [0.4, 0.5) is 0 Å². The number of ketones is 1. The van der Waals surface area contributed by atoms with E-state index in [1.807, 2.05) is 0 Å². The molecule has 1 aromatic carbocycles. The van der Waals surface area contributed by atoms with Crippen molar-refractivity contribution in [2.24, 2.45) is 0 Å². The van der Waals surface area contributed by atoms with Gasteiger partial charge in [0.2, 0.25) is 0 Å². The summed E-state index contributed by atoms with van der Waals surface area (Å²) in [5, 5.41) is 1.89. The SMILES string of the molecule is CC(Sc1cccc2c1C(=O)NC2=O)C(=O)CCl. The summed E-state index contributed by atoms with van der Waals surface area (Å²) in [4.78, 5) is 35.2. The van der Waals surface area contributed by atoms with Crippen molar-refractivity contribution in [3.05, 3.63) is 29.3 Å². The number of hydrogen-bond donors (Lipinski definition) is 1. The zero-order valence-corrected chi connectivity index (χ0v) is 11.1. The zero-order chi connectivity index (χ0) is 13.3. The van der Waals surface area contributed by atoms with E-state index in [1.165, 1.54) is 11.8 Å². The van der Waals surface area contributed by atoms with Crippen molar-refractivity contribution < 1.29 is 14.4 Å². The van der Waals surface area contributed by atoms with Crippen molar-refractivity contribution in [1.82, 2.24) is 5.32 Å². The van der Waals surface area contributed by atoms with E-state index < -0.39 is 11.8 Å². The minimum absolute atomic E-state index is 0.0612. The number of imide groups is 1. The van der Waals surface area contributed by atoms with Crippen molar-refractivity contribution >= 4 is 41.0 Å². The molecule has 2 rings (SSSR count). The van der Waals surface area contributed by atoms with Gasteiger partial charge in [0.15, 0.2) is 5.78 Å². The number of benzene rings is 1. The second-order valence-electron chi connectivity index (χ2n) is 3.82. The van der Waals surface area contributed by atoms with Crippen LogP contribution in [-0.2, 0) is 4.79 Å². The van der Waals surface area contributed by atoms with Gasteiger partial charge in [0, 0.05) is 4.90 Å². The van der Waals surface area contributed by atoms with Crippen LogP contribution in [0.25, 0.3) is 0 Å². The van der Waals surface area contributed by atoms with Crippen LogP contribution < -0.4 is 5.32 Å². The van der Waals surface area contributed by atoms with E-state index in [-0.39, 0.29) is 16.9 Å². The van der Waals surface area contributed by atoms with Gasteiger partial charge < -0.3 is 0 Å². The van der Waals surface area contributed by atoms with Gasteiger partial charge in [0.1, 0.15) is 0 Å². The molecule has 4 nitrogen and oxygen atoms in total. The molecule has 1 aliphatic rings. The van der Waals surface area contributed by atoms with Gasteiger partial charge in [-0.2, -0.15) is 0 Å². The first-order valence-corrected chi connectivity index (χ1v) is 6.70. The Balaban J connectivity index is 2.34. The number of fused-ring (bicyclic) bond motifs is 1. The third-order valence-electron chi connectivity index (χ3n) is 2.61. The number of carbonyl (C=O) groups excluding carboxylic acids is 3. The fraction of sp³-hybridized carbons (Fsp3) is 0.250. The number of amides is 2. The van der Waals surface area contributed by atoms with Gasteiger partial charge >= 0.3 is 0 Å². The van der Waals surface area contributed by atoms with E-state index in [0.717, 1.165) is 0 Å². The summed E-state index contributed by atoms with van der Waals surface area (Å²) in [5.74, 6) is -0.977. The van der Waals surface area contributed by atoms with Crippen LogP contribution in [0.3, 0.4) is 0 Å². The molecular formula is C12H10ClNO3S. The van der Waals surface area contributed by atoms with Crippen LogP contribution in [0.1, 0.15) is 27.6 Å². The monoisotopic (exact) mass is 283 g/mol. The molecular weight excluding hydrogens is 274 g/mol. The standard InChI is InChI=1S/C12H10ClNO3S/c1-6(8(15)5-13)18-9-4-2-3-7-10(9)12(17)14-11(7)16/h2-4,6H,5H2,1H3,(H,14,16,17). The first-order valence-electron chi connectivity index (χ1n) is 5.28. The Kier molecular flexibility index (Phi) is 3.73. The lowest BCUT2D eigenvalue weighted by atomic mass is 10.1. The summed E-state index contributed by atoms with van der Waals surface area (Å²) in [6, 6.07) is 5.00. The van der Waals surface area contributed by atoms with Crippen LogP contribution in [0.15, 0.2) is 23.1 Å². The van der Waals surface area contributed by atoms with Gasteiger partial charge in [-0.3, -0.25) is 19.7 Å². The third kappa shape index (κ3) is 2.28. The highest BCUT2D eigenvalue weighted by molar-refractivity contribution is 8.00.